The molecule has 0 saturated carbocycles. The number of methoxy groups -OCH3 is 1. The highest BCUT2D eigenvalue weighted by Crippen LogP contribution is 2.32. The first kappa shape index (κ1) is 19.5. The van der Waals surface area contributed by atoms with E-state index in [1.807, 2.05) is 30.3 Å². The maximum absolute atomic E-state index is 14.3. The Balaban J connectivity index is 1.98. The van der Waals surface area contributed by atoms with Gasteiger partial charge in [0.05, 0.1) is 17.6 Å². The molecule has 2 N–H and O–H groups in total. The lowest BCUT2D eigenvalue weighted by Crippen LogP contribution is -2.32. The minimum atomic E-state index is -4.02. The fourth-order valence-corrected chi connectivity index (χ4v) is 5.10. The average Bonchev–Trinajstić information content (AvgIpc) is 3.06. The van der Waals surface area contributed by atoms with Gasteiger partial charge in [0.2, 0.25) is 10.0 Å². The van der Waals surface area contributed by atoms with E-state index in [0.717, 1.165) is 24.8 Å². The minimum absolute atomic E-state index is 0.0422. The largest absolute Gasteiger partial charge is 0.465 e. The van der Waals surface area contributed by atoms with E-state index >= 15 is 0 Å². The van der Waals surface area contributed by atoms with Crippen LogP contribution in [0.15, 0.2) is 47.4 Å². The van der Waals surface area contributed by atoms with Crippen LogP contribution < -0.4 is 5.73 Å². The van der Waals surface area contributed by atoms with E-state index in [0.29, 0.717) is 0 Å². The number of carbonyl (C=O) groups excluding carboxylic acids is 1. The first-order chi connectivity index (χ1) is 12.8. The van der Waals surface area contributed by atoms with Crippen LogP contribution in [-0.2, 0) is 14.8 Å². The van der Waals surface area contributed by atoms with Gasteiger partial charge in [-0.3, -0.25) is 0 Å². The maximum Gasteiger partial charge on any atom is 0.337 e. The Morgan fingerprint density at radius 3 is 2.52 bits per heavy atom. The smallest absolute Gasteiger partial charge is 0.337 e. The van der Waals surface area contributed by atoms with Crippen LogP contribution >= 0.6 is 0 Å². The first-order valence-corrected chi connectivity index (χ1v) is 9.89. The molecule has 1 fully saturated rings. The normalized spacial score (nSPS) is 20.6. The van der Waals surface area contributed by atoms with Crippen LogP contribution in [0, 0.1) is 12.7 Å². The van der Waals surface area contributed by atoms with Crippen LogP contribution in [0.5, 0.6) is 0 Å². The van der Waals surface area contributed by atoms with Crippen molar-refractivity contribution in [3.05, 3.63) is 65.0 Å². The lowest BCUT2D eigenvalue weighted by atomic mass is 9.95. The van der Waals surface area contributed by atoms with Crippen LogP contribution in [0.4, 0.5) is 4.39 Å². The lowest BCUT2D eigenvalue weighted by Gasteiger charge is -2.19. The lowest BCUT2D eigenvalue weighted by molar-refractivity contribution is 0.0600. The zero-order valence-corrected chi connectivity index (χ0v) is 15.9. The minimum Gasteiger partial charge on any atom is -0.465 e. The molecule has 0 unspecified atom stereocenters. The van der Waals surface area contributed by atoms with Gasteiger partial charge in [-0.1, -0.05) is 30.3 Å². The second-order valence-corrected chi connectivity index (χ2v) is 8.48. The number of esters is 1. The standard InChI is InChI=1S/C19H21FN2O4S/c1-12-16(20)8-14(19(23)26-2)9-18(12)27(24,25)22-10-15(17(21)11-22)13-6-4-3-5-7-13/h3-9,15,17H,10-11,21H2,1-2H3/t15-,17+/m0/s1. The molecule has 1 saturated heterocycles. The van der Waals surface area contributed by atoms with Gasteiger partial charge in [-0.2, -0.15) is 4.31 Å². The molecule has 8 heteroatoms. The third kappa shape index (κ3) is 3.60. The van der Waals surface area contributed by atoms with E-state index in [1.165, 1.54) is 11.2 Å². The number of carbonyl (C=O) groups is 1. The zero-order valence-electron chi connectivity index (χ0n) is 15.1. The van der Waals surface area contributed by atoms with E-state index in [-0.39, 0.29) is 41.1 Å². The number of halogens is 1. The molecule has 1 heterocycles. The molecule has 0 amide bonds. The number of rotatable bonds is 4. The Bertz CT molecular complexity index is 963. The van der Waals surface area contributed by atoms with E-state index in [9.17, 15) is 17.6 Å². The number of sulfonamides is 1. The second kappa shape index (κ2) is 7.38. The van der Waals surface area contributed by atoms with E-state index in [1.54, 1.807) is 0 Å². The van der Waals surface area contributed by atoms with Gasteiger partial charge in [-0.25, -0.2) is 17.6 Å². The van der Waals surface area contributed by atoms with Gasteiger partial charge in [0.25, 0.3) is 0 Å². The number of nitrogens with zero attached hydrogens (tertiary/aromatic N) is 1. The quantitative estimate of drug-likeness (QED) is 0.805. The Kier molecular flexibility index (Phi) is 5.32. The van der Waals surface area contributed by atoms with E-state index < -0.39 is 21.8 Å². The molecule has 144 valence electrons. The van der Waals surface area contributed by atoms with Crippen molar-refractivity contribution in [3.63, 3.8) is 0 Å². The number of nitrogens with two attached hydrogens (primary N) is 1. The van der Waals surface area contributed by atoms with Gasteiger partial charge in [0.15, 0.2) is 0 Å². The highest BCUT2D eigenvalue weighted by atomic mass is 32.2. The molecule has 2 aromatic rings. The van der Waals surface area contributed by atoms with Crippen molar-refractivity contribution in [1.82, 2.24) is 4.31 Å². The fraction of sp³-hybridized carbons (Fsp3) is 0.316. The highest BCUT2D eigenvalue weighted by molar-refractivity contribution is 7.89. The fourth-order valence-electron chi connectivity index (χ4n) is 3.34. The molecule has 3 rings (SSSR count). The number of hydrogen-bond donors (Lipinski definition) is 1. The average molecular weight is 392 g/mol. The molecular formula is C19H21FN2O4S. The number of ether oxygens (including phenoxy) is 1. The summed E-state index contributed by atoms with van der Waals surface area (Å²) in [5, 5.41) is 0. The molecule has 2 aromatic carbocycles. The van der Waals surface area contributed by atoms with Gasteiger partial charge in [0.1, 0.15) is 5.82 Å². The summed E-state index contributed by atoms with van der Waals surface area (Å²) >= 11 is 0. The SMILES string of the molecule is COC(=O)c1cc(F)c(C)c(S(=O)(=O)N2C[C@@H](N)[C@H](c3ccccc3)C2)c1. The number of benzene rings is 2. The summed E-state index contributed by atoms with van der Waals surface area (Å²) in [6.07, 6.45) is 0. The van der Waals surface area contributed by atoms with Crippen LogP contribution in [0.2, 0.25) is 0 Å². The molecular weight excluding hydrogens is 371 g/mol. The molecule has 2 atom stereocenters. The Hall–Kier alpha value is -2.29. The van der Waals surface area contributed by atoms with Gasteiger partial charge >= 0.3 is 5.97 Å². The van der Waals surface area contributed by atoms with Gasteiger partial charge < -0.3 is 10.5 Å². The molecule has 1 aliphatic rings. The van der Waals surface area contributed by atoms with Crippen molar-refractivity contribution in [2.75, 3.05) is 20.2 Å². The second-order valence-electron chi connectivity index (χ2n) is 6.58. The highest BCUT2D eigenvalue weighted by Gasteiger charge is 2.39. The molecule has 1 aliphatic heterocycles. The predicted octanol–water partition coefficient (Wildman–Crippen LogP) is 2.04. The Morgan fingerprint density at radius 1 is 1.22 bits per heavy atom. The summed E-state index contributed by atoms with van der Waals surface area (Å²) in [5.74, 6) is -1.74. The third-order valence-electron chi connectivity index (χ3n) is 4.89. The summed E-state index contributed by atoms with van der Waals surface area (Å²) in [4.78, 5) is 11.5. The molecule has 0 spiro atoms. The summed E-state index contributed by atoms with van der Waals surface area (Å²) in [5.41, 5.74) is 6.95. The molecule has 0 radical (unpaired) electrons. The van der Waals surface area contributed by atoms with E-state index in [2.05, 4.69) is 4.74 Å². The molecule has 0 aliphatic carbocycles. The van der Waals surface area contributed by atoms with Crippen molar-refractivity contribution >= 4 is 16.0 Å². The summed E-state index contributed by atoms with van der Waals surface area (Å²) < 4.78 is 46.4. The topological polar surface area (TPSA) is 89.7 Å². The van der Waals surface area contributed by atoms with Gasteiger partial charge in [-0.15, -0.1) is 0 Å². The van der Waals surface area contributed by atoms with Crippen molar-refractivity contribution in [1.29, 1.82) is 0 Å². The molecule has 6 nitrogen and oxygen atoms in total. The Morgan fingerprint density at radius 2 is 1.89 bits per heavy atom. The van der Waals surface area contributed by atoms with E-state index in [4.69, 9.17) is 5.73 Å². The molecule has 0 aromatic heterocycles. The third-order valence-corrected chi connectivity index (χ3v) is 6.85. The maximum atomic E-state index is 14.3. The molecule has 27 heavy (non-hydrogen) atoms. The van der Waals surface area contributed by atoms with Gasteiger partial charge in [0, 0.05) is 30.6 Å². The monoisotopic (exact) mass is 392 g/mol. The Labute approximate surface area is 157 Å². The number of hydrogen-bond acceptors (Lipinski definition) is 5. The summed E-state index contributed by atoms with van der Waals surface area (Å²) in [6, 6.07) is 11.2. The summed E-state index contributed by atoms with van der Waals surface area (Å²) in [7, 11) is -2.87. The van der Waals surface area contributed by atoms with Crippen LogP contribution in [-0.4, -0.2) is 44.9 Å². The van der Waals surface area contributed by atoms with Crippen LogP contribution in [0.1, 0.15) is 27.4 Å². The van der Waals surface area contributed by atoms with Crippen LogP contribution in [0.3, 0.4) is 0 Å². The zero-order chi connectivity index (χ0) is 19.8. The first-order valence-electron chi connectivity index (χ1n) is 8.45. The van der Waals surface area contributed by atoms with Crippen molar-refractivity contribution in [2.24, 2.45) is 5.73 Å². The van der Waals surface area contributed by atoms with Crippen LogP contribution in [0.25, 0.3) is 0 Å². The van der Waals surface area contributed by atoms with Crippen molar-refractivity contribution < 1.29 is 22.3 Å². The van der Waals surface area contributed by atoms with Gasteiger partial charge in [-0.05, 0) is 24.6 Å². The summed E-state index contributed by atoms with van der Waals surface area (Å²) in [6.45, 7) is 1.68. The molecule has 0 bridgehead atoms. The van der Waals surface area contributed by atoms with Crippen molar-refractivity contribution in [3.8, 4) is 0 Å². The predicted molar refractivity (Wildman–Crippen MR) is 98.4 cm³/mol. The van der Waals surface area contributed by atoms with Crippen molar-refractivity contribution in [2.45, 2.75) is 23.8 Å².